The highest BCUT2D eigenvalue weighted by atomic mass is 32.2. The molecule has 0 saturated carbocycles. The maximum atomic E-state index is 13.6. The average molecular weight is 448 g/mol. The zero-order chi connectivity index (χ0) is 22.2. The summed E-state index contributed by atoms with van der Waals surface area (Å²) in [5.74, 6) is -2.91. The molecule has 0 amide bonds. The summed E-state index contributed by atoms with van der Waals surface area (Å²) >= 11 is 0. The fourth-order valence-corrected chi connectivity index (χ4v) is 4.70. The van der Waals surface area contributed by atoms with E-state index in [1.807, 2.05) is 0 Å². The van der Waals surface area contributed by atoms with Crippen molar-refractivity contribution in [1.29, 1.82) is 0 Å². The van der Waals surface area contributed by atoms with E-state index in [1.54, 1.807) is 24.3 Å². The molecule has 1 aliphatic heterocycles. The first kappa shape index (κ1) is 20.9. The van der Waals surface area contributed by atoms with Gasteiger partial charge in [-0.2, -0.15) is 13.2 Å². The minimum absolute atomic E-state index is 0.102. The molecule has 3 aromatic rings. The van der Waals surface area contributed by atoms with E-state index in [0.717, 1.165) is 0 Å². The van der Waals surface area contributed by atoms with Crippen molar-refractivity contribution in [3.8, 4) is 0 Å². The Bertz CT molecular complexity index is 1220. The van der Waals surface area contributed by atoms with Crippen LogP contribution in [-0.4, -0.2) is 25.8 Å². The van der Waals surface area contributed by atoms with Crippen molar-refractivity contribution in [2.75, 3.05) is 0 Å². The van der Waals surface area contributed by atoms with E-state index >= 15 is 0 Å². The van der Waals surface area contributed by atoms with Crippen molar-refractivity contribution in [3.63, 3.8) is 0 Å². The molecule has 0 spiro atoms. The minimum Gasteiger partial charge on any atom is -0.479 e. The Kier molecular flexibility index (Phi) is 5.22. The number of Topliss-reactive ketones (excluding diaryl/α,β-unsaturated/α-hetero) is 1. The van der Waals surface area contributed by atoms with Gasteiger partial charge in [-0.3, -0.25) is 4.79 Å². The third-order valence-electron chi connectivity index (χ3n) is 4.85. The Balaban J connectivity index is 1.96. The number of furan rings is 1. The van der Waals surface area contributed by atoms with Crippen LogP contribution in [0.15, 0.2) is 88.4 Å². The zero-order valence-corrected chi connectivity index (χ0v) is 16.6. The number of halogens is 3. The highest BCUT2D eigenvalue weighted by Crippen LogP contribution is 2.50. The van der Waals surface area contributed by atoms with Gasteiger partial charge in [0.2, 0.25) is 5.78 Å². The Morgan fingerprint density at radius 1 is 0.871 bits per heavy atom. The summed E-state index contributed by atoms with van der Waals surface area (Å²) in [6.45, 7) is 0. The van der Waals surface area contributed by atoms with Crippen molar-refractivity contribution in [2.24, 2.45) is 0 Å². The summed E-state index contributed by atoms with van der Waals surface area (Å²) in [5, 5.41) is 0. The van der Waals surface area contributed by atoms with Crippen LogP contribution in [-0.2, 0) is 14.6 Å². The van der Waals surface area contributed by atoms with Gasteiger partial charge in [-0.25, -0.2) is 8.42 Å². The van der Waals surface area contributed by atoms with Crippen LogP contribution in [0.2, 0.25) is 0 Å². The number of rotatable bonds is 5. The van der Waals surface area contributed by atoms with E-state index in [9.17, 15) is 26.4 Å². The van der Waals surface area contributed by atoms with Crippen molar-refractivity contribution in [3.05, 3.63) is 101 Å². The lowest BCUT2D eigenvalue weighted by Gasteiger charge is -2.19. The van der Waals surface area contributed by atoms with Gasteiger partial charge >= 0.3 is 5.51 Å². The maximum absolute atomic E-state index is 13.6. The van der Waals surface area contributed by atoms with Crippen LogP contribution in [0, 0.1) is 0 Å². The number of carbonyl (C=O) groups excluding carboxylic acids is 1. The number of carbonyl (C=O) groups is 1. The Labute approximate surface area is 175 Å². The van der Waals surface area contributed by atoms with Crippen LogP contribution in [0.5, 0.6) is 0 Å². The predicted molar refractivity (Wildman–Crippen MR) is 105 cm³/mol. The number of ketones is 1. The number of ether oxygens (including phenoxy) is 1. The third-order valence-corrected chi connectivity index (χ3v) is 6.48. The van der Waals surface area contributed by atoms with Crippen LogP contribution in [0.25, 0.3) is 5.76 Å². The van der Waals surface area contributed by atoms with Gasteiger partial charge in [0.1, 0.15) is 22.3 Å². The minimum atomic E-state index is -5.85. The summed E-state index contributed by atoms with van der Waals surface area (Å²) in [4.78, 5) is 12.1. The summed E-state index contributed by atoms with van der Waals surface area (Å²) < 4.78 is 77.1. The first-order chi connectivity index (χ1) is 14.7. The second-order valence-corrected chi connectivity index (χ2v) is 8.68. The number of benzene rings is 2. The lowest BCUT2D eigenvalue weighted by atomic mass is 9.93. The molecule has 0 saturated heterocycles. The van der Waals surface area contributed by atoms with Crippen LogP contribution in [0.3, 0.4) is 0 Å². The van der Waals surface area contributed by atoms with E-state index in [1.165, 1.54) is 54.8 Å². The third kappa shape index (κ3) is 3.65. The zero-order valence-electron chi connectivity index (χ0n) is 15.7. The molecule has 0 radical (unpaired) electrons. The first-order valence-corrected chi connectivity index (χ1v) is 10.6. The topological polar surface area (TPSA) is 73.6 Å². The van der Waals surface area contributed by atoms with Gasteiger partial charge in [-0.15, -0.1) is 0 Å². The molecule has 2 atom stereocenters. The molecule has 2 aromatic carbocycles. The smallest absolute Gasteiger partial charge is 0.479 e. The molecule has 160 valence electrons. The van der Waals surface area contributed by atoms with Crippen LogP contribution < -0.4 is 0 Å². The van der Waals surface area contributed by atoms with E-state index in [0.29, 0.717) is 0 Å². The highest BCUT2D eigenvalue weighted by Gasteiger charge is 2.58. The molecular formula is C22H15F3O5S. The number of hydrogen-bond acceptors (Lipinski definition) is 5. The fraction of sp³-hybridized carbons (Fsp3) is 0.136. The summed E-state index contributed by atoms with van der Waals surface area (Å²) in [6.07, 6.45) is -0.367. The molecule has 0 N–H and O–H groups in total. The normalized spacial score (nSPS) is 19.3. The van der Waals surface area contributed by atoms with Crippen molar-refractivity contribution >= 4 is 21.4 Å². The molecule has 0 unspecified atom stereocenters. The van der Waals surface area contributed by atoms with Gasteiger partial charge in [0.25, 0.3) is 9.84 Å². The first-order valence-electron chi connectivity index (χ1n) is 9.12. The molecule has 9 heteroatoms. The standard InChI is InChI=1S/C22H15F3O5S/c23-22(24,25)31(27,28)21-17(16-12-7-13-29-16)20(18(26)14-8-3-1-4-9-14)30-19(21)15-10-5-2-6-11-15/h1-13,17,20H/t17-,20+/m0/s1. The molecular weight excluding hydrogens is 433 g/mol. The summed E-state index contributed by atoms with van der Waals surface area (Å²) in [6, 6.07) is 18.0. The number of alkyl halides is 3. The van der Waals surface area contributed by atoms with Crippen LogP contribution in [0.4, 0.5) is 13.2 Å². The van der Waals surface area contributed by atoms with Gasteiger partial charge < -0.3 is 9.15 Å². The van der Waals surface area contributed by atoms with E-state index in [4.69, 9.17) is 9.15 Å². The Hall–Kier alpha value is -3.33. The highest BCUT2D eigenvalue weighted by molar-refractivity contribution is 7.96. The largest absolute Gasteiger partial charge is 0.501 e. The average Bonchev–Trinajstić information content (AvgIpc) is 3.41. The number of sulfone groups is 1. The van der Waals surface area contributed by atoms with Gasteiger partial charge in [0, 0.05) is 11.1 Å². The molecule has 0 aliphatic carbocycles. The quantitative estimate of drug-likeness (QED) is 0.517. The van der Waals surface area contributed by atoms with E-state index in [2.05, 4.69) is 0 Å². The fourth-order valence-electron chi connectivity index (χ4n) is 3.46. The molecule has 2 heterocycles. The molecule has 1 aliphatic rings. The molecule has 1 aromatic heterocycles. The van der Waals surface area contributed by atoms with Crippen LogP contribution in [0.1, 0.15) is 27.6 Å². The molecule has 0 fully saturated rings. The SMILES string of the molecule is O=C(c1ccccc1)[C@@H]1OC(c2ccccc2)=C(S(=O)(=O)C(F)(F)F)[C@H]1c1ccco1. The Morgan fingerprint density at radius 2 is 1.48 bits per heavy atom. The molecule has 0 bridgehead atoms. The lowest BCUT2D eigenvalue weighted by Crippen LogP contribution is -2.32. The van der Waals surface area contributed by atoms with E-state index < -0.39 is 43.8 Å². The molecule has 5 nitrogen and oxygen atoms in total. The Morgan fingerprint density at radius 3 is 2.03 bits per heavy atom. The van der Waals surface area contributed by atoms with Gasteiger partial charge in [-0.1, -0.05) is 60.7 Å². The second kappa shape index (κ2) is 7.73. The predicted octanol–water partition coefficient (Wildman–Crippen LogP) is 4.95. The molecule has 4 rings (SSSR count). The maximum Gasteiger partial charge on any atom is 0.501 e. The summed E-state index contributed by atoms with van der Waals surface area (Å²) in [5.41, 5.74) is -5.33. The van der Waals surface area contributed by atoms with Gasteiger partial charge in [0.15, 0.2) is 6.10 Å². The van der Waals surface area contributed by atoms with Crippen molar-refractivity contribution in [1.82, 2.24) is 0 Å². The van der Waals surface area contributed by atoms with Gasteiger partial charge in [-0.05, 0) is 12.1 Å². The van der Waals surface area contributed by atoms with Crippen LogP contribution >= 0.6 is 0 Å². The summed E-state index contributed by atoms with van der Waals surface area (Å²) in [7, 11) is -5.85. The van der Waals surface area contributed by atoms with E-state index in [-0.39, 0.29) is 16.9 Å². The molecule has 31 heavy (non-hydrogen) atoms. The van der Waals surface area contributed by atoms with Crippen molar-refractivity contribution in [2.45, 2.75) is 17.5 Å². The lowest BCUT2D eigenvalue weighted by molar-refractivity contribution is -0.0428. The number of hydrogen-bond donors (Lipinski definition) is 0. The van der Waals surface area contributed by atoms with Crippen molar-refractivity contribution < 1.29 is 35.5 Å². The second-order valence-electron chi connectivity index (χ2n) is 6.77. The monoisotopic (exact) mass is 448 g/mol. The van der Waals surface area contributed by atoms with Gasteiger partial charge in [0.05, 0.1) is 6.26 Å².